The van der Waals surface area contributed by atoms with Crippen molar-refractivity contribution in [1.29, 1.82) is 0 Å². The normalized spacial score (nSPS) is 16.7. The lowest BCUT2D eigenvalue weighted by Gasteiger charge is -2.39. The van der Waals surface area contributed by atoms with Crippen LogP contribution in [0, 0.1) is 0 Å². The maximum Gasteiger partial charge on any atom is 0.342 e. The van der Waals surface area contributed by atoms with Gasteiger partial charge in [0, 0.05) is 31.6 Å². The fraction of sp³-hybridized carbons (Fsp3) is 1.00. The summed E-state index contributed by atoms with van der Waals surface area (Å²) in [5, 5.41) is 2.34. The largest absolute Gasteiger partial charge is 0.342 e. The van der Waals surface area contributed by atoms with Crippen LogP contribution in [0.1, 0.15) is 38.5 Å². The predicted molar refractivity (Wildman–Crippen MR) is 141 cm³/mol. The van der Waals surface area contributed by atoms with E-state index < -0.39 is 127 Å². The van der Waals surface area contributed by atoms with E-state index in [1.807, 2.05) is 0 Å². The maximum atomic E-state index is 12.3. The van der Waals surface area contributed by atoms with E-state index in [4.69, 9.17) is 29.4 Å². The second-order valence-corrected chi connectivity index (χ2v) is 19.7. The van der Waals surface area contributed by atoms with Gasteiger partial charge in [0.25, 0.3) is 0 Å². The van der Waals surface area contributed by atoms with E-state index >= 15 is 0 Å². The van der Waals surface area contributed by atoms with Gasteiger partial charge in [0.05, 0.1) is 0 Å². The van der Waals surface area contributed by atoms with Crippen molar-refractivity contribution in [1.82, 2.24) is 10.2 Å². The molecule has 0 aromatic rings. The van der Waals surface area contributed by atoms with Crippen LogP contribution in [0.2, 0.25) is 0 Å². The molecule has 0 aromatic heterocycles. The molecule has 0 heterocycles. The highest BCUT2D eigenvalue weighted by atomic mass is 31.2. The van der Waals surface area contributed by atoms with E-state index in [0.717, 1.165) is 0 Å². The minimum atomic E-state index is -5.33. The zero-order valence-electron chi connectivity index (χ0n) is 21.0. The molecule has 13 N–H and O–H groups in total. The fourth-order valence-electron chi connectivity index (χ4n) is 3.75. The molecule has 0 saturated carbocycles. The molecule has 0 fully saturated rings. The van der Waals surface area contributed by atoms with Crippen LogP contribution in [0.25, 0.3) is 0 Å². The first-order valence-corrected chi connectivity index (χ1v) is 21.9. The summed E-state index contributed by atoms with van der Waals surface area (Å²) in [6, 6.07) is 0. The molecule has 3 unspecified atom stereocenters. The molecule has 242 valence electrons. The standard InChI is InChI=1S/C14H38N2O18P6/c17-35(18,19)9-1-4-12(38(26,27)28)15-7-8-16(13(39(29,30)31)5-2-10-36(20,21)22)14(40(32,33)34)6-3-11-37(23,24)25/h12-15H,1-11H2,(H2,17,18,19)(H2,20,21,22)(H2,23,24,25)(H2,26,27,28)(H2,29,30,31)(H2,32,33,34). The summed E-state index contributed by atoms with van der Waals surface area (Å²) in [5.74, 6) is -5.86. The summed E-state index contributed by atoms with van der Waals surface area (Å²) in [6.45, 7) is -1.33. The van der Waals surface area contributed by atoms with Crippen molar-refractivity contribution in [2.24, 2.45) is 0 Å². The molecule has 40 heavy (non-hydrogen) atoms. The summed E-state index contributed by atoms with van der Waals surface area (Å²) < 4.78 is 70.0. The summed E-state index contributed by atoms with van der Waals surface area (Å²) in [5.41, 5.74) is 0. The summed E-state index contributed by atoms with van der Waals surface area (Å²) in [4.78, 5) is 114. The minimum absolute atomic E-state index is 0.349. The number of nitrogens with one attached hydrogen (secondary N) is 1. The number of hydrogen-bond donors (Lipinski definition) is 13. The van der Waals surface area contributed by atoms with Crippen LogP contribution >= 0.6 is 45.6 Å². The van der Waals surface area contributed by atoms with E-state index in [1.165, 1.54) is 0 Å². The van der Waals surface area contributed by atoms with Gasteiger partial charge in [-0.05, 0) is 38.5 Å². The highest BCUT2D eigenvalue weighted by Crippen LogP contribution is 2.54. The van der Waals surface area contributed by atoms with Crippen molar-refractivity contribution < 1.29 is 86.1 Å². The zero-order valence-corrected chi connectivity index (χ0v) is 26.3. The molecule has 3 atom stereocenters. The van der Waals surface area contributed by atoms with Gasteiger partial charge in [-0.25, -0.2) is 0 Å². The third-order valence-electron chi connectivity index (χ3n) is 5.45. The zero-order chi connectivity index (χ0) is 31.8. The SMILES string of the molecule is O=P(O)(O)CCCC(NCCN(C(CCCP(=O)(O)O)P(=O)(O)O)C(CCCP(=O)(O)O)P(=O)(O)O)P(=O)(O)O. The van der Waals surface area contributed by atoms with Gasteiger partial charge >= 0.3 is 45.6 Å². The maximum absolute atomic E-state index is 12.3. The van der Waals surface area contributed by atoms with Gasteiger partial charge in [0.1, 0.15) is 17.3 Å². The Morgan fingerprint density at radius 3 is 1.10 bits per heavy atom. The van der Waals surface area contributed by atoms with Gasteiger partial charge < -0.3 is 64.0 Å². The summed E-state index contributed by atoms with van der Waals surface area (Å²) in [7, 11) is -29.4. The molecule has 0 bridgehead atoms. The van der Waals surface area contributed by atoms with Crippen LogP contribution < -0.4 is 5.32 Å². The fourth-order valence-corrected chi connectivity index (χ4v) is 8.89. The quantitative estimate of drug-likeness (QED) is 0.0653. The molecule has 0 aliphatic carbocycles. The van der Waals surface area contributed by atoms with Crippen LogP contribution in [-0.2, 0) is 27.4 Å². The third kappa shape index (κ3) is 19.2. The lowest BCUT2D eigenvalue weighted by atomic mass is 10.2. The third-order valence-corrected chi connectivity index (χ3v) is 12.1. The van der Waals surface area contributed by atoms with Crippen LogP contribution in [-0.4, -0.2) is 113 Å². The number of hydrogen-bond acceptors (Lipinski definition) is 8. The van der Waals surface area contributed by atoms with Crippen LogP contribution in [0.5, 0.6) is 0 Å². The Hall–Kier alpha value is 0.820. The molecule has 20 nitrogen and oxygen atoms in total. The molecule has 0 aliphatic heterocycles. The molecule has 0 amide bonds. The van der Waals surface area contributed by atoms with Gasteiger partial charge in [0.2, 0.25) is 0 Å². The first-order chi connectivity index (χ1) is 17.6. The van der Waals surface area contributed by atoms with E-state index in [-0.39, 0.29) is 6.42 Å². The molecule has 0 saturated heterocycles. The highest BCUT2D eigenvalue weighted by molar-refractivity contribution is 7.54. The smallest absolute Gasteiger partial charge is 0.324 e. The predicted octanol–water partition coefficient (Wildman–Crippen LogP) is -0.737. The second kappa shape index (κ2) is 16.2. The van der Waals surface area contributed by atoms with Crippen LogP contribution in [0.3, 0.4) is 0 Å². The Morgan fingerprint density at radius 2 is 0.825 bits per heavy atom. The Bertz CT molecular complexity index is 1010. The lowest BCUT2D eigenvalue weighted by molar-refractivity contribution is 0.159. The highest BCUT2D eigenvalue weighted by Gasteiger charge is 2.44. The van der Waals surface area contributed by atoms with Crippen molar-refractivity contribution in [3.63, 3.8) is 0 Å². The summed E-state index contributed by atoms with van der Waals surface area (Å²) in [6.07, 6.45) is -5.65. The van der Waals surface area contributed by atoms with Crippen molar-refractivity contribution >= 4 is 45.6 Å². The molecular weight excluding hydrogens is 670 g/mol. The van der Waals surface area contributed by atoms with Gasteiger partial charge in [0.15, 0.2) is 0 Å². The Morgan fingerprint density at radius 1 is 0.500 bits per heavy atom. The number of nitrogens with zero attached hydrogens (tertiary/aromatic N) is 1. The minimum Gasteiger partial charge on any atom is -0.324 e. The average molecular weight is 708 g/mol. The van der Waals surface area contributed by atoms with Crippen LogP contribution in [0.4, 0.5) is 0 Å². The Kier molecular flexibility index (Phi) is 16.6. The average Bonchev–Trinajstić information content (AvgIpc) is 2.66. The van der Waals surface area contributed by atoms with E-state index in [0.29, 0.717) is 4.90 Å². The summed E-state index contributed by atoms with van der Waals surface area (Å²) >= 11 is 0. The second-order valence-electron chi connectivity index (χ2n) is 9.03. The molecular formula is C14H38N2O18P6. The van der Waals surface area contributed by atoms with E-state index in [1.54, 1.807) is 0 Å². The Balaban J connectivity index is 6.17. The topological polar surface area (TPSA) is 360 Å². The monoisotopic (exact) mass is 708 g/mol. The first kappa shape index (κ1) is 40.8. The van der Waals surface area contributed by atoms with Gasteiger partial charge in [-0.3, -0.25) is 32.3 Å². The first-order valence-electron chi connectivity index (χ1n) is 11.4. The molecule has 0 rings (SSSR count). The molecule has 0 aromatic carbocycles. The van der Waals surface area contributed by atoms with Crippen molar-refractivity contribution in [2.75, 3.05) is 31.6 Å². The van der Waals surface area contributed by atoms with E-state index in [9.17, 15) is 56.8 Å². The lowest BCUT2D eigenvalue weighted by Crippen LogP contribution is -2.47. The Labute approximate surface area is 229 Å². The molecule has 0 radical (unpaired) electrons. The number of rotatable bonds is 21. The van der Waals surface area contributed by atoms with Crippen molar-refractivity contribution in [2.45, 2.75) is 55.9 Å². The van der Waals surface area contributed by atoms with Crippen molar-refractivity contribution in [3.8, 4) is 0 Å². The van der Waals surface area contributed by atoms with Gasteiger partial charge in [-0.15, -0.1) is 0 Å². The van der Waals surface area contributed by atoms with E-state index in [2.05, 4.69) is 5.32 Å². The van der Waals surface area contributed by atoms with Crippen molar-refractivity contribution in [3.05, 3.63) is 0 Å². The molecule has 0 aliphatic rings. The van der Waals surface area contributed by atoms with Gasteiger partial charge in [-0.2, -0.15) is 0 Å². The van der Waals surface area contributed by atoms with Gasteiger partial charge in [-0.1, -0.05) is 0 Å². The van der Waals surface area contributed by atoms with Crippen LogP contribution in [0.15, 0.2) is 0 Å². The molecule has 0 spiro atoms. The molecule has 26 heteroatoms.